The summed E-state index contributed by atoms with van der Waals surface area (Å²) >= 11 is 1.99. The van der Waals surface area contributed by atoms with Gasteiger partial charge in [-0.15, -0.1) is 0 Å². The number of benzene rings is 1. The highest BCUT2D eigenvalue weighted by molar-refractivity contribution is 7.99. The minimum absolute atomic E-state index is 1.10. The van der Waals surface area contributed by atoms with Gasteiger partial charge < -0.3 is 0 Å². The van der Waals surface area contributed by atoms with Crippen LogP contribution in [0.25, 0.3) is 10.9 Å². The second-order valence-electron chi connectivity index (χ2n) is 3.46. The fourth-order valence-electron chi connectivity index (χ4n) is 1.72. The number of thioether (sulfide) groups is 1. The molecular weight excluding hydrogens is 202 g/mol. The molecule has 0 amide bonds. The van der Waals surface area contributed by atoms with Gasteiger partial charge in [0.05, 0.1) is 5.75 Å². The van der Waals surface area contributed by atoms with E-state index in [-0.39, 0.29) is 0 Å². The topological polar surface area (TPSA) is 3.88 Å². The van der Waals surface area contributed by atoms with Crippen molar-refractivity contribution < 1.29 is 4.57 Å². The van der Waals surface area contributed by atoms with Gasteiger partial charge in [0.15, 0.2) is 12.7 Å². The highest BCUT2D eigenvalue weighted by atomic mass is 32.2. The first kappa shape index (κ1) is 10.5. The van der Waals surface area contributed by atoms with Crippen LogP contribution in [0.3, 0.4) is 0 Å². The van der Waals surface area contributed by atoms with Gasteiger partial charge in [0, 0.05) is 17.5 Å². The van der Waals surface area contributed by atoms with E-state index in [1.165, 1.54) is 22.4 Å². The van der Waals surface area contributed by atoms with E-state index in [0.29, 0.717) is 0 Å². The van der Waals surface area contributed by atoms with Gasteiger partial charge in [-0.25, -0.2) is 0 Å². The summed E-state index contributed by atoms with van der Waals surface area (Å²) in [4.78, 5) is 0. The highest BCUT2D eigenvalue weighted by Crippen LogP contribution is 2.08. The van der Waals surface area contributed by atoms with Crippen LogP contribution in [0.15, 0.2) is 42.6 Å². The molecular formula is C13H16NS+. The summed E-state index contributed by atoms with van der Waals surface area (Å²) in [6, 6.07) is 12.8. The van der Waals surface area contributed by atoms with Gasteiger partial charge in [-0.3, -0.25) is 0 Å². The summed E-state index contributed by atoms with van der Waals surface area (Å²) < 4.78 is 2.33. The number of hydrogen-bond donors (Lipinski definition) is 0. The van der Waals surface area contributed by atoms with Crippen molar-refractivity contribution in [2.24, 2.45) is 0 Å². The molecule has 0 aliphatic rings. The predicted molar refractivity (Wildman–Crippen MR) is 67.1 cm³/mol. The average Bonchev–Trinajstić information content (AvgIpc) is 2.30. The van der Waals surface area contributed by atoms with Crippen LogP contribution < -0.4 is 4.57 Å². The highest BCUT2D eigenvalue weighted by Gasteiger charge is 2.05. The quantitative estimate of drug-likeness (QED) is 0.564. The smallest absolute Gasteiger partial charge is 0.197 e. The van der Waals surface area contributed by atoms with Crippen LogP contribution in [0.4, 0.5) is 0 Å². The maximum atomic E-state index is 2.33. The zero-order chi connectivity index (χ0) is 10.5. The second-order valence-corrected chi connectivity index (χ2v) is 4.85. The molecule has 0 saturated carbocycles. The van der Waals surface area contributed by atoms with Crippen LogP contribution in [0.5, 0.6) is 0 Å². The Kier molecular flexibility index (Phi) is 3.62. The third kappa shape index (κ3) is 2.51. The summed E-state index contributed by atoms with van der Waals surface area (Å²) in [5, 5.41) is 1.32. The van der Waals surface area contributed by atoms with E-state index in [4.69, 9.17) is 0 Å². The molecule has 0 unspecified atom stereocenters. The Hall–Kier alpha value is -1.02. The number of nitrogens with zero attached hydrogens (tertiary/aromatic N) is 1. The minimum Gasteiger partial charge on any atom is -0.197 e. The lowest BCUT2D eigenvalue weighted by molar-refractivity contribution is -0.666. The maximum Gasteiger partial charge on any atom is 0.212 e. The number of pyridine rings is 1. The number of aryl methyl sites for hydroxylation is 1. The Balaban J connectivity index is 2.26. The van der Waals surface area contributed by atoms with Gasteiger partial charge in [0.1, 0.15) is 0 Å². The Morgan fingerprint density at radius 1 is 1.13 bits per heavy atom. The molecule has 0 fully saturated rings. The number of hydrogen-bond acceptors (Lipinski definition) is 1. The Morgan fingerprint density at radius 3 is 2.80 bits per heavy atom. The molecule has 78 valence electrons. The van der Waals surface area contributed by atoms with Crippen molar-refractivity contribution in [1.29, 1.82) is 0 Å². The van der Waals surface area contributed by atoms with Crippen molar-refractivity contribution in [3.63, 3.8) is 0 Å². The predicted octanol–water partition coefficient (Wildman–Crippen LogP) is 2.88. The molecule has 0 atom stereocenters. The Morgan fingerprint density at radius 2 is 1.93 bits per heavy atom. The van der Waals surface area contributed by atoms with Crippen LogP contribution in [-0.2, 0) is 6.54 Å². The fourth-order valence-corrected chi connectivity index (χ4v) is 2.34. The van der Waals surface area contributed by atoms with E-state index in [1.54, 1.807) is 0 Å². The molecule has 0 aliphatic heterocycles. The summed E-state index contributed by atoms with van der Waals surface area (Å²) in [7, 11) is 0. The molecule has 1 aromatic heterocycles. The van der Waals surface area contributed by atoms with Crippen LogP contribution >= 0.6 is 11.8 Å². The van der Waals surface area contributed by atoms with Crippen LogP contribution in [-0.4, -0.2) is 11.5 Å². The van der Waals surface area contributed by atoms with Crippen LogP contribution in [0.2, 0.25) is 0 Å². The van der Waals surface area contributed by atoms with Gasteiger partial charge in [0.2, 0.25) is 5.52 Å². The molecule has 1 heterocycles. The monoisotopic (exact) mass is 218 g/mol. The molecule has 0 radical (unpaired) electrons. The van der Waals surface area contributed by atoms with E-state index in [2.05, 4.69) is 54.1 Å². The third-order valence-corrected chi connectivity index (χ3v) is 3.35. The van der Waals surface area contributed by atoms with Gasteiger partial charge in [-0.2, -0.15) is 16.3 Å². The lowest BCUT2D eigenvalue weighted by Gasteiger charge is -2.00. The lowest BCUT2D eigenvalue weighted by Crippen LogP contribution is -2.35. The van der Waals surface area contributed by atoms with Crippen molar-refractivity contribution in [3.8, 4) is 0 Å². The third-order valence-electron chi connectivity index (χ3n) is 2.47. The van der Waals surface area contributed by atoms with E-state index in [9.17, 15) is 0 Å². The van der Waals surface area contributed by atoms with E-state index >= 15 is 0 Å². The molecule has 2 rings (SSSR count). The molecule has 0 N–H and O–H groups in total. The van der Waals surface area contributed by atoms with Crippen LogP contribution in [0, 0.1) is 0 Å². The summed E-state index contributed by atoms with van der Waals surface area (Å²) in [5.74, 6) is 2.39. The number of rotatable bonds is 4. The number of aromatic nitrogens is 1. The molecule has 1 aromatic carbocycles. The number of para-hydroxylation sites is 1. The summed E-state index contributed by atoms with van der Waals surface area (Å²) in [6.45, 7) is 3.30. The van der Waals surface area contributed by atoms with Crippen LogP contribution in [0.1, 0.15) is 6.92 Å². The standard InChI is InChI=1S/C13H16NS/c1-2-15-11-10-14-9-5-7-12-6-3-4-8-13(12)14/h3-9H,2,10-11H2,1H3/q+1. The first-order valence-corrected chi connectivity index (χ1v) is 6.52. The van der Waals surface area contributed by atoms with Crippen molar-refractivity contribution in [3.05, 3.63) is 42.6 Å². The van der Waals surface area contributed by atoms with Gasteiger partial charge >= 0.3 is 0 Å². The van der Waals surface area contributed by atoms with Crippen molar-refractivity contribution in [2.75, 3.05) is 11.5 Å². The molecule has 2 aromatic rings. The molecule has 0 saturated heterocycles. The van der Waals surface area contributed by atoms with E-state index in [0.717, 1.165) is 6.54 Å². The molecule has 2 heteroatoms. The summed E-state index contributed by atoms with van der Waals surface area (Å²) in [6.07, 6.45) is 2.17. The summed E-state index contributed by atoms with van der Waals surface area (Å²) in [5.41, 5.74) is 1.33. The first-order chi connectivity index (χ1) is 7.42. The Bertz CT molecular complexity index is 434. The van der Waals surface area contributed by atoms with Gasteiger partial charge in [0.25, 0.3) is 0 Å². The van der Waals surface area contributed by atoms with Crippen molar-refractivity contribution in [2.45, 2.75) is 13.5 Å². The fraction of sp³-hybridized carbons (Fsp3) is 0.308. The average molecular weight is 218 g/mol. The maximum absolute atomic E-state index is 2.33. The largest absolute Gasteiger partial charge is 0.212 e. The van der Waals surface area contributed by atoms with E-state index < -0.39 is 0 Å². The normalized spacial score (nSPS) is 10.7. The Labute approximate surface area is 95.1 Å². The molecule has 0 spiro atoms. The van der Waals surface area contributed by atoms with Gasteiger partial charge in [-0.1, -0.05) is 19.1 Å². The molecule has 0 bridgehead atoms. The zero-order valence-electron chi connectivity index (χ0n) is 9.02. The molecule has 15 heavy (non-hydrogen) atoms. The van der Waals surface area contributed by atoms with Crippen molar-refractivity contribution in [1.82, 2.24) is 0 Å². The number of fused-ring (bicyclic) bond motifs is 1. The van der Waals surface area contributed by atoms with E-state index in [1.807, 2.05) is 11.8 Å². The minimum atomic E-state index is 1.10. The van der Waals surface area contributed by atoms with Crippen molar-refractivity contribution >= 4 is 22.7 Å². The van der Waals surface area contributed by atoms with Gasteiger partial charge in [-0.05, 0) is 17.9 Å². The second kappa shape index (κ2) is 5.17. The zero-order valence-corrected chi connectivity index (χ0v) is 9.83. The molecule has 1 nitrogen and oxygen atoms in total. The lowest BCUT2D eigenvalue weighted by atomic mass is 10.2. The molecule has 0 aliphatic carbocycles. The first-order valence-electron chi connectivity index (χ1n) is 5.37. The SMILES string of the molecule is CCSCC[n+]1cccc2ccccc21.